The van der Waals surface area contributed by atoms with Crippen molar-refractivity contribution in [3.05, 3.63) is 34.4 Å². The van der Waals surface area contributed by atoms with E-state index in [1.165, 1.54) is 12.1 Å². The molecule has 2 rings (SSSR count). The Balaban J connectivity index is 1.96. The third-order valence-electron chi connectivity index (χ3n) is 3.00. The van der Waals surface area contributed by atoms with E-state index < -0.39 is 4.92 Å². The molecule has 0 aliphatic carbocycles. The van der Waals surface area contributed by atoms with Crippen LogP contribution in [-0.4, -0.2) is 23.7 Å². The number of nitrogens with one attached hydrogen (secondary N) is 1. The van der Waals surface area contributed by atoms with Gasteiger partial charge in [0.15, 0.2) is 0 Å². The van der Waals surface area contributed by atoms with E-state index in [9.17, 15) is 10.1 Å². The maximum atomic E-state index is 10.5. The fourth-order valence-corrected chi connectivity index (χ4v) is 2.03. The molecule has 1 aromatic rings. The van der Waals surface area contributed by atoms with Crippen molar-refractivity contribution < 1.29 is 9.66 Å². The monoisotopic (exact) mass is 236 g/mol. The molecule has 1 heterocycles. The Morgan fingerprint density at radius 3 is 2.71 bits per heavy atom. The van der Waals surface area contributed by atoms with Gasteiger partial charge in [-0.2, -0.15) is 0 Å². The van der Waals surface area contributed by atoms with Gasteiger partial charge in [-0.15, -0.1) is 0 Å². The van der Waals surface area contributed by atoms with Crippen LogP contribution in [0.25, 0.3) is 0 Å². The number of nitro benzene ring substituents is 1. The molecular formula is C12H16N2O3. The third kappa shape index (κ3) is 2.94. The average Bonchev–Trinajstić information content (AvgIpc) is 2.83. The molecule has 0 saturated carbocycles. The van der Waals surface area contributed by atoms with E-state index in [1.54, 1.807) is 12.1 Å². The fraction of sp³-hybridized carbons (Fsp3) is 0.500. The van der Waals surface area contributed by atoms with Crippen molar-refractivity contribution >= 4 is 11.4 Å². The number of ether oxygens (including phenoxy) is 1. The summed E-state index contributed by atoms with van der Waals surface area (Å²) in [6.45, 7) is 2.90. The van der Waals surface area contributed by atoms with Gasteiger partial charge in [0.05, 0.1) is 11.0 Å². The van der Waals surface area contributed by atoms with E-state index in [2.05, 4.69) is 12.2 Å². The standard InChI is InChI=1S/C12H16N2O3/c1-9(12-3-2-8-17-12)13-10-4-6-11(7-5-10)14(15)16/h4-7,9,12-13H,2-3,8H2,1H3. The molecule has 0 radical (unpaired) electrons. The van der Waals surface area contributed by atoms with Gasteiger partial charge in [0, 0.05) is 30.5 Å². The first-order chi connectivity index (χ1) is 8.16. The molecule has 92 valence electrons. The molecule has 0 aromatic heterocycles. The molecule has 1 aromatic carbocycles. The molecule has 1 aliphatic rings. The molecule has 1 fully saturated rings. The minimum absolute atomic E-state index is 0.111. The molecule has 0 amide bonds. The van der Waals surface area contributed by atoms with E-state index >= 15 is 0 Å². The van der Waals surface area contributed by atoms with Crippen LogP contribution < -0.4 is 5.32 Å². The zero-order chi connectivity index (χ0) is 12.3. The van der Waals surface area contributed by atoms with Gasteiger partial charge < -0.3 is 10.1 Å². The molecule has 5 nitrogen and oxygen atoms in total. The van der Waals surface area contributed by atoms with Crippen molar-refractivity contribution in [1.82, 2.24) is 0 Å². The molecule has 5 heteroatoms. The van der Waals surface area contributed by atoms with Gasteiger partial charge >= 0.3 is 0 Å². The predicted molar refractivity (Wildman–Crippen MR) is 65.2 cm³/mol. The lowest BCUT2D eigenvalue weighted by Gasteiger charge is -2.20. The SMILES string of the molecule is CC(Nc1ccc([N+](=O)[O-])cc1)C1CCCO1. The predicted octanol–water partition coefficient (Wildman–Crippen LogP) is 2.57. The summed E-state index contributed by atoms with van der Waals surface area (Å²) in [5.74, 6) is 0. The zero-order valence-electron chi connectivity index (χ0n) is 9.76. The molecule has 1 saturated heterocycles. The molecule has 1 N–H and O–H groups in total. The van der Waals surface area contributed by atoms with Gasteiger partial charge in [-0.3, -0.25) is 10.1 Å². The number of non-ortho nitro benzene ring substituents is 1. The second-order valence-electron chi connectivity index (χ2n) is 4.29. The summed E-state index contributed by atoms with van der Waals surface area (Å²) in [5.41, 5.74) is 0.999. The average molecular weight is 236 g/mol. The smallest absolute Gasteiger partial charge is 0.269 e. The Hall–Kier alpha value is -1.62. The molecule has 17 heavy (non-hydrogen) atoms. The van der Waals surface area contributed by atoms with Crippen molar-refractivity contribution in [3.8, 4) is 0 Å². The largest absolute Gasteiger partial charge is 0.380 e. The normalized spacial score (nSPS) is 21.1. The molecule has 2 unspecified atom stereocenters. The number of anilines is 1. The lowest BCUT2D eigenvalue weighted by molar-refractivity contribution is -0.384. The lowest BCUT2D eigenvalue weighted by Crippen LogP contribution is -2.29. The summed E-state index contributed by atoms with van der Waals surface area (Å²) in [6.07, 6.45) is 2.42. The van der Waals surface area contributed by atoms with Gasteiger partial charge in [-0.05, 0) is 31.9 Å². The second kappa shape index (κ2) is 5.14. The first kappa shape index (κ1) is 11.9. The van der Waals surface area contributed by atoms with Crippen molar-refractivity contribution in [3.63, 3.8) is 0 Å². The second-order valence-corrected chi connectivity index (χ2v) is 4.29. The van der Waals surface area contributed by atoms with Crippen LogP contribution in [0.5, 0.6) is 0 Å². The van der Waals surface area contributed by atoms with E-state index in [0.29, 0.717) is 0 Å². The summed E-state index contributed by atoms with van der Waals surface area (Å²) in [7, 11) is 0. The Kier molecular flexibility index (Phi) is 3.58. The molecule has 0 spiro atoms. The first-order valence-corrected chi connectivity index (χ1v) is 5.79. The maximum absolute atomic E-state index is 10.5. The number of hydrogen-bond donors (Lipinski definition) is 1. The van der Waals surface area contributed by atoms with Gasteiger partial charge in [0.25, 0.3) is 5.69 Å². The topological polar surface area (TPSA) is 64.4 Å². The van der Waals surface area contributed by atoms with Crippen LogP contribution in [0.15, 0.2) is 24.3 Å². The Morgan fingerprint density at radius 2 is 2.18 bits per heavy atom. The first-order valence-electron chi connectivity index (χ1n) is 5.79. The van der Waals surface area contributed by atoms with Crippen LogP contribution in [0.4, 0.5) is 11.4 Å². The highest BCUT2D eigenvalue weighted by Gasteiger charge is 2.22. The Labute approximate surface area is 99.9 Å². The van der Waals surface area contributed by atoms with E-state index in [0.717, 1.165) is 25.1 Å². The highest BCUT2D eigenvalue weighted by atomic mass is 16.6. The van der Waals surface area contributed by atoms with Crippen LogP contribution in [-0.2, 0) is 4.74 Å². The fourth-order valence-electron chi connectivity index (χ4n) is 2.03. The summed E-state index contributed by atoms with van der Waals surface area (Å²) in [4.78, 5) is 10.1. The molecule has 1 aliphatic heterocycles. The minimum atomic E-state index is -0.396. The summed E-state index contributed by atoms with van der Waals surface area (Å²) in [5, 5.41) is 13.8. The van der Waals surface area contributed by atoms with Crippen molar-refractivity contribution in [2.75, 3.05) is 11.9 Å². The van der Waals surface area contributed by atoms with Crippen molar-refractivity contribution in [2.45, 2.75) is 31.9 Å². The number of benzene rings is 1. The summed E-state index contributed by atoms with van der Waals surface area (Å²) in [6, 6.07) is 6.68. The lowest BCUT2D eigenvalue weighted by atomic mass is 10.1. The minimum Gasteiger partial charge on any atom is -0.380 e. The quantitative estimate of drug-likeness (QED) is 0.644. The molecule has 0 bridgehead atoms. The van der Waals surface area contributed by atoms with E-state index in [4.69, 9.17) is 4.74 Å². The highest BCUT2D eigenvalue weighted by molar-refractivity contribution is 5.49. The van der Waals surface area contributed by atoms with Gasteiger partial charge in [-0.25, -0.2) is 0 Å². The molecular weight excluding hydrogens is 220 g/mol. The number of nitrogens with zero attached hydrogens (tertiary/aromatic N) is 1. The van der Waals surface area contributed by atoms with Crippen LogP contribution in [0.2, 0.25) is 0 Å². The van der Waals surface area contributed by atoms with Gasteiger partial charge in [-0.1, -0.05) is 0 Å². The van der Waals surface area contributed by atoms with Crippen LogP contribution in [0.3, 0.4) is 0 Å². The number of nitro groups is 1. The third-order valence-corrected chi connectivity index (χ3v) is 3.00. The zero-order valence-corrected chi connectivity index (χ0v) is 9.76. The van der Waals surface area contributed by atoms with Crippen LogP contribution >= 0.6 is 0 Å². The van der Waals surface area contributed by atoms with Gasteiger partial charge in [0.2, 0.25) is 0 Å². The van der Waals surface area contributed by atoms with E-state index in [1.807, 2.05) is 0 Å². The number of hydrogen-bond acceptors (Lipinski definition) is 4. The van der Waals surface area contributed by atoms with Crippen molar-refractivity contribution in [1.29, 1.82) is 0 Å². The van der Waals surface area contributed by atoms with Crippen molar-refractivity contribution in [2.24, 2.45) is 0 Å². The highest BCUT2D eigenvalue weighted by Crippen LogP contribution is 2.20. The number of rotatable bonds is 4. The van der Waals surface area contributed by atoms with E-state index in [-0.39, 0.29) is 17.8 Å². The van der Waals surface area contributed by atoms with Crippen LogP contribution in [0, 0.1) is 10.1 Å². The van der Waals surface area contributed by atoms with Crippen LogP contribution in [0.1, 0.15) is 19.8 Å². The maximum Gasteiger partial charge on any atom is 0.269 e. The Morgan fingerprint density at radius 1 is 1.47 bits per heavy atom. The summed E-state index contributed by atoms with van der Waals surface area (Å²) < 4.78 is 5.58. The Bertz CT molecular complexity index is 385. The van der Waals surface area contributed by atoms with Gasteiger partial charge in [0.1, 0.15) is 0 Å². The molecule has 2 atom stereocenters. The summed E-state index contributed by atoms with van der Waals surface area (Å²) >= 11 is 0.